The number of carbonyl (C=O) groups is 2. The molecule has 0 saturated heterocycles. The van der Waals surface area contributed by atoms with Crippen LogP contribution in [-0.2, 0) is 0 Å². The molecule has 1 heterocycles. The van der Waals surface area contributed by atoms with E-state index < -0.39 is 11.9 Å². The molecular formula is C13H8I2N2O4. The molecule has 0 bridgehead atoms. The molecule has 6 nitrogen and oxygen atoms in total. The zero-order chi connectivity index (χ0) is 15.6. The van der Waals surface area contributed by atoms with Gasteiger partial charge >= 0.3 is 5.97 Å². The van der Waals surface area contributed by atoms with Crippen LogP contribution in [0.5, 0.6) is 5.75 Å². The van der Waals surface area contributed by atoms with Gasteiger partial charge in [-0.3, -0.25) is 4.79 Å². The number of pyridine rings is 1. The minimum absolute atomic E-state index is 0.0725. The summed E-state index contributed by atoms with van der Waals surface area (Å²) in [6.07, 6.45) is 1.32. The molecule has 0 atom stereocenters. The highest BCUT2D eigenvalue weighted by Gasteiger charge is 2.18. The van der Waals surface area contributed by atoms with Crippen molar-refractivity contribution >= 4 is 62.7 Å². The maximum Gasteiger partial charge on any atom is 0.356 e. The standard InChI is InChI=1S/C13H8I2N2O4/c14-6-4-7(11(18)8(15)5-6)12(19)17-9-2-1-3-16-10(9)13(20)21/h1-5,18H,(H,17,19)(H,20,21). The zero-order valence-electron chi connectivity index (χ0n) is 10.3. The van der Waals surface area contributed by atoms with Crippen molar-refractivity contribution < 1.29 is 19.8 Å². The molecule has 3 N–H and O–H groups in total. The van der Waals surface area contributed by atoms with Gasteiger partial charge in [-0.05, 0) is 69.4 Å². The number of nitrogens with zero attached hydrogens (tertiary/aromatic N) is 1. The molecular weight excluding hydrogens is 502 g/mol. The van der Waals surface area contributed by atoms with Crippen LogP contribution in [0.3, 0.4) is 0 Å². The van der Waals surface area contributed by atoms with Crippen LogP contribution in [0, 0.1) is 7.14 Å². The molecule has 0 aliphatic rings. The first-order chi connectivity index (χ1) is 9.90. The van der Waals surface area contributed by atoms with Gasteiger partial charge in [0.2, 0.25) is 0 Å². The van der Waals surface area contributed by atoms with E-state index in [4.69, 9.17) is 5.11 Å². The lowest BCUT2D eigenvalue weighted by atomic mass is 10.2. The summed E-state index contributed by atoms with van der Waals surface area (Å²) in [7, 11) is 0. The molecule has 0 fully saturated rings. The van der Waals surface area contributed by atoms with Gasteiger partial charge < -0.3 is 15.5 Å². The monoisotopic (exact) mass is 510 g/mol. The van der Waals surface area contributed by atoms with Crippen molar-refractivity contribution in [3.05, 3.63) is 48.9 Å². The number of phenolic OH excluding ortho intramolecular Hbond substituents is 1. The largest absolute Gasteiger partial charge is 0.506 e. The fraction of sp³-hybridized carbons (Fsp3) is 0. The van der Waals surface area contributed by atoms with Crippen LogP contribution in [0.15, 0.2) is 30.5 Å². The zero-order valence-corrected chi connectivity index (χ0v) is 14.6. The average Bonchev–Trinajstić information content (AvgIpc) is 2.43. The van der Waals surface area contributed by atoms with Crippen molar-refractivity contribution in [2.45, 2.75) is 0 Å². The van der Waals surface area contributed by atoms with Crippen LogP contribution < -0.4 is 5.32 Å². The number of anilines is 1. The molecule has 0 radical (unpaired) electrons. The van der Waals surface area contributed by atoms with E-state index in [-0.39, 0.29) is 22.7 Å². The van der Waals surface area contributed by atoms with Crippen LogP contribution in [0.2, 0.25) is 0 Å². The summed E-state index contributed by atoms with van der Waals surface area (Å²) in [5.74, 6) is -1.99. The number of nitrogens with one attached hydrogen (secondary N) is 1. The number of halogens is 2. The summed E-state index contributed by atoms with van der Waals surface area (Å²) >= 11 is 3.94. The van der Waals surface area contributed by atoms with Gasteiger partial charge in [0.15, 0.2) is 5.69 Å². The van der Waals surface area contributed by atoms with E-state index in [1.807, 2.05) is 45.2 Å². The number of carbonyl (C=O) groups excluding carboxylic acids is 1. The Morgan fingerprint density at radius 2 is 1.95 bits per heavy atom. The van der Waals surface area contributed by atoms with E-state index in [0.29, 0.717) is 3.57 Å². The number of hydrogen-bond donors (Lipinski definition) is 3. The molecule has 0 unspecified atom stereocenters. The topological polar surface area (TPSA) is 99.5 Å². The molecule has 108 valence electrons. The quantitative estimate of drug-likeness (QED) is 0.552. The van der Waals surface area contributed by atoms with Crippen LogP contribution in [0.25, 0.3) is 0 Å². The van der Waals surface area contributed by atoms with E-state index in [2.05, 4.69) is 10.3 Å². The van der Waals surface area contributed by atoms with Crippen molar-refractivity contribution in [2.24, 2.45) is 0 Å². The molecule has 1 aromatic carbocycles. The number of carboxylic acids is 1. The summed E-state index contributed by atoms with van der Waals surface area (Å²) in [4.78, 5) is 27.0. The number of carboxylic acid groups (broad SMARTS) is 1. The number of aromatic nitrogens is 1. The van der Waals surface area contributed by atoms with Gasteiger partial charge in [-0.2, -0.15) is 0 Å². The van der Waals surface area contributed by atoms with Crippen LogP contribution in [-0.4, -0.2) is 27.1 Å². The van der Waals surface area contributed by atoms with Gasteiger partial charge in [0.25, 0.3) is 5.91 Å². The molecule has 2 aromatic rings. The fourth-order valence-electron chi connectivity index (χ4n) is 1.61. The SMILES string of the molecule is O=C(Nc1cccnc1C(=O)O)c1cc(I)cc(I)c1O. The second-order valence-electron chi connectivity index (χ2n) is 3.94. The Balaban J connectivity index is 2.38. The number of aromatic hydroxyl groups is 1. The van der Waals surface area contributed by atoms with Crippen LogP contribution in [0.4, 0.5) is 5.69 Å². The summed E-state index contributed by atoms with van der Waals surface area (Å²) in [6.45, 7) is 0. The lowest BCUT2D eigenvalue weighted by molar-refractivity contribution is 0.0691. The predicted molar refractivity (Wildman–Crippen MR) is 92.7 cm³/mol. The Bertz CT molecular complexity index is 734. The third-order valence-corrected chi connectivity index (χ3v) is 3.98. The first kappa shape index (κ1) is 15.9. The van der Waals surface area contributed by atoms with Crippen LogP contribution in [0.1, 0.15) is 20.8 Å². The number of benzene rings is 1. The van der Waals surface area contributed by atoms with Gasteiger partial charge in [0.05, 0.1) is 14.8 Å². The lowest BCUT2D eigenvalue weighted by Gasteiger charge is -2.10. The highest BCUT2D eigenvalue weighted by Crippen LogP contribution is 2.28. The Labute approximate surface area is 146 Å². The fourth-order valence-corrected chi connectivity index (χ4v) is 3.45. The normalized spacial score (nSPS) is 10.2. The van der Waals surface area contributed by atoms with Gasteiger partial charge in [-0.25, -0.2) is 9.78 Å². The molecule has 2 rings (SSSR count). The van der Waals surface area contributed by atoms with E-state index in [9.17, 15) is 14.7 Å². The van der Waals surface area contributed by atoms with E-state index in [1.54, 1.807) is 6.07 Å². The van der Waals surface area contributed by atoms with Gasteiger partial charge in [-0.15, -0.1) is 0 Å². The first-order valence-corrected chi connectivity index (χ1v) is 7.73. The molecule has 1 amide bonds. The van der Waals surface area contributed by atoms with E-state index in [1.165, 1.54) is 24.4 Å². The van der Waals surface area contributed by atoms with Crippen LogP contribution >= 0.6 is 45.2 Å². The van der Waals surface area contributed by atoms with Gasteiger partial charge in [0, 0.05) is 9.77 Å². The Morgan fingerprint density at radius 1 is 1.24 bits per heavy atom. The maximum absolute atomic E-state index is 12.2. The number of rotatable bonds is 3. The van der Waals surface area contributed by atoms with Gasteiger partial charge in [-0.1, -0.05) is 0 Å². The molecule has 8 heteroatoms. The molecule has 0 aliphatic heterocycles. The number of hydrogen-bond acceptors (Lipinski definition) is 4. The summed E-state index contributed by atoms with van der Waals surface area (Å²) in [5, 5.41) is 21.4. The molecule has 21 heavy (non-hydrogen) atoms. The number of aromatic carboxylic acids is 1. The molecule has 0 saturated carbocycles. The second-order valence-corrected chi connectivity index (χ2v) is 6.35. The van der Waals surface area contributed by atoms with Crippen molar-refractivity contribution in [1.82, 2.24) is 4.98 Å². The minimum atomic E-state index is -1.24. The highest BCUT2D eigenvalue weighted by atomic mass is 127. The Kier molecular flexibility index (Phi) is 4.98. The highest BCUT2D eigenvalue weighted by molar-refractivity contribution is 14.1. The minimum Gasteiger partial charge on any atom is -0.506 e. The second kappa shape index (κ2) is 6.56. The summed E-state index contributed by atoms with van der Waals surface area (Å²) < 4.78 is 1.32. The van der Waals surface area contributed by atoms with E-state index >= 15 is 0 Å². The third-order valence-electron chi connectivity index (χ3n) is 2.53. The number of phenols is 1. The lowest BCUT2D eigenvalue weighted by Crippen LogP contribution is -2.16. The average molecular weight is 510 g/mol. The summed E-state index contributed by atoms with van der Waals surface area (Å²) in [6, 6.07) is 6.19. The van der Waals surface area contributed by atoms with Gasteiger partial charge in [0.1, 0.15) is 5.75 Å². The van der Waals surface area contributed by atoms with Crippen molar-refractivity contribution in [3.63, 3.8) is 0 Å². The maximum atomic E-state index is 12.2. The molecule has 0 spiro atoms. The molecule has 1 aromatic heterocycles. The third kappa shape index (κ3) is 3.61. The van der Waals surface area contributed by atoms with E-state index in [0.717, 1.165) is 3.57 Å². The summed E-state index contributed by atoms with van der Waals surface area (Å²) in [5.41, 5.74) is -0.111. The predicted octanol–water partition coefficient (Wildman–Crippen LogP) is 2.95. The number of amides is 1. The molecule has 0 aliphatic carbocycles. The first-order valence-electron chi connectivity index (χ1n) is 5.58. The van der Waals surface area contributed by atoms with Crippen molar-refractivity contribution in [2.75, 3.05) is 5.32 Å². The Morgan fingerprint density at radius 3 is 2.62 bits per heavy atom. The Hall–Kier alpha value is -1.43. The smallest absolute Gasteiger partial charge is 0.356 e. The van der Waals surface area contributed by atoms with Crippen molar-refractivity contribution in [1.29, 1.82) is 0 Å². The van der Waals surface area contributed by atoms with Crippen molar-refractivity contribution in [3.8, 4) is 5.75 Å².